The van der Waals surface area contributed by atoms with E-state index in [4.69, 9.17) is 0 Å². The number of nitrogens with one attached hydrogen (secondary N) is 2. The van der Waals surface area contributed by atoms with Gasteiger partial charge in [0.15, 0.2) is 0 Å². The summed E-state index contributed by atoms with van der Waals surface area (Å²) in [6.45, 7) is 1.96. The van der Waals surface area contributed by atoms with Gasteiger partial charge in [-0.15, -0.1) is 0 Å². The molecule has 0 radical (unpaired) electrons. The van der Waals surface area contributed by atoms with Gasteiger partial charge in [0, 0.05) is 4.47 Å². The van der Waals surface area contributed by atoms with Crippen LogP contribution in [0.25, 0.3) is 11.0 Å². The highest BCUT2D eigenvalue weighted by atomic mass is 79.9. The molecular weight excluding hydrogens is 220 g/mol. The van der Waals surface area contributed by atoms with E-state index in [9.17, 15) is 4.79 Å². The molecule has 12 heavy (non-hydrogen) atoms. The second-order valence-electron chi connectivity index (χ2n) is 2.72. The Bertz CT molecular complexity index is 483. The van der Waals surface area contributed by atoms with Crippen molar-refractivity contribution >= 4 is 27.0 Å². The Balaban J connectivity index is 2.97. The third-order valence-corrected chi connectivity index (χ3v) is 2.24. The van der Waals surface area contributed by atoms with Crippen molar-refractivity contribution in [2.45, 2.75) is 6.92 Å². The molecule has 2 N–H and O–H groups in total. The summed E-state index contributed by atoms with van der Waals surface area (Å²) in [4.78, 5) is 16.3. The molecule has 62 valence electrons. The Kier molecular flexibility index (Phi) is 1.58. The van der Waals surface area contributed by atoms with E-state index < -0.39 is 0 Å². The fourth-order valence-electron chi connectivity index (χ4n) is 1.27. The van der Waals surface area contributed by atoms with Gasteiger partial charge in [-0.2, -0.15) is 0 Å². The summed E-state index contributed by atoms with van der Waals surface area (Å²) in [5, 5.41) is 0. The summed E-state index contributed by atoms with van der Waals surface area (Å²) in [7, 11) is 0. The molecule has 1 aromatic carbocycles. The van der Waals surface area contributed by atoms with E-state index >= 15 is 0 Å². The maximum Gasteiger partial charge on any atom is 0.323 e. The molecule has 0 saturated heterocycles. The van der Waals surface area contributed by atoms with Gasteiger partial charge in [0.2, 0.25) is 0 Å². The van der Waals surface area contributed by atoms with Crippen molar-refractivity contribution in [3.63, 3.8) is 0 Å². The molecule has 0 spiro atoms. The van der Waals surface area contributed by atoms with E-state index in [1.54, 1.807) is 0 Å². The first-order valence-corrected chi connectivity index (χ1v) is 4.34. The van der Waals surface area contributed by atoms with E-state index in [-0.39, 0.29) is 5.69 Å². The third-order valence-electron chi connectivity index (χ3n) is 1.79. The first-order chi connectivity index (χ1) is 5.66. The van der Waals surface area contributed by atoms with Crippen LogP contribution in [0.5, 0.6) is 0 Å². The maximum atomic E-state index is 10.9. The molecule has 0 aliphatic rings. The molecule has 0 atom stereocenters. The van der Waals surface area contributed by atoms with Crippen LogP contribution in [-0.4, -0.2) is 9.97 Å². The summed E-state index contributed by atoms with van der Waals surface area (Å²) in [6, 6.07) is 3.84. The Morgan fingerprint density at radius 2 is 2.08 bits per heavy atom. The van der Waals surface area contributed by atoms with Gasteiger partial charge >= 0.3 is 5.69 Å². The summed E-state index contributed by atoms with van der Waals surface area (Å²) >= 11 is 3.36. The molecule has 0 amide bonds. The molecule has 2 rings (SSSR count). The largest absolute Gasteiger partial charge is 0.323 e. The summed E-state index contributed by atoms with van der Waals surface area (Å²) in [5.74, 6) is 0. The van der Waals surface area contributed by atoms with Gasteiger partial charge in [0.25, 0.3) is 0 Å². The molecule has 1 aromatic heterocycles. The Morgan fingerprint density at radius 1 is 1.33 bits per heavy atom. The molecule has 0 aliphatic carbocycles. The van der Waals surface area contributed by atoms with Crippen LogP contribution in [0.4, 0.5) is 0 Å². The summed E-state index contributed by atoms with van der Waals surface area (Å²) in [6.07, 6.45) is 0. The topological polar surface area (TPSA) is 48.6 Å². The molecule has 0 saturated carbocycles. The highest BCUT2D eigenvalue weighted by Gasteiger charge is 2.01. The van der Waals surface area contributed by atoms with Gasteiger partial charge in [-0.3, -0.25) is 0 Å². The second-order valence-corrected chi connectivity index (χ2v) is 3.64. The normalized spacial score (nSPS) is 10.8. The van der Waals surface area contributed by atoms with E-state index in [0.717, 1.165) is 21.1 Å². The molecular formula is C8H7BrN2O. The van der Waals surface area contributed by atoms with Crippen LogP contribution < -0.4 is 5.69 Å². The Morgan fingerprint density at radius 3 is 2.83 bits per heavy atom. The number of fused-ring (bicyclic) bond motifs is 1. The number of benzene rings is 1. The average molecular weight is 227 g/mol. The molecule has 0 aliphatic heterocycles. The predicted octanol–water partition coefficient (Wildman–Crippen LogP) is 1.93. The van der Waals surface area contributed by atoms with Crippen molar-refractivity contribution in [3.05, 3.63) is 32.7 Å². The zero-order valence-corrected chi connectivity index (χ0v) is 8.03. The number of imidazole rings is 1. The van der Waals surface area contributed by atoms with Crippen molar-refractivity contribution in [2.24, 2.45) is 0 Å². The highest BCUT2D eigenvalue weighted by Crippen LogP contribution is 2.19. The lowest BCUT2D eigenvalue weighted by Crippen LogP contribution is -1.99. The van der Waals surface area contributed by atoms with Crippen LogP contribution in [0.15, 0.2) is 21.4 Å². The minimum absolute atomic E-state index is 0.161. The number of aromatic amines is 2. The van der Waals surface area contributed by atoms with Gasteiger partial charge in [0.1, 0.15) is 0 Å². The second kappa shape index (κ2) is 2.48. The van der Waals surface area contributed by atoms with Crippen molar-refractivity contribution in [2.75, 3.05) is 0 Å². The smallest absolute Gasteiger partial charge is 0.306 e. The maximum absolute atomic E-state index is 10.9. The lowest BCUT2D eigenvalue weighted by molar-refractivity contribution is 1.21. The van der Waals surface area contributed by atoms with Crippen LogP contribution in [0.1, 0.15) is 5.56 Å². The average Bonchev–Trinajstić information content (AvgIpc) is 2.29. The summed E-state index contributed by atoms with van der Waals surface area (Å²) < 4.78 is 0.975. The van der Waals surface area contributed by atoms with Crippen molar-refractivity contribution in [3.8, 4) is 0 Å². The molecule has 4 heteroatoms. The lowest BCUT2D eigenvalue weighted by Gasteiger charge is -1.95. The number of aryl methyl sites for hydroxylation is 1. The molecule has 0 bridgehead atoms. The van der Waals surface area contributed by atoms with Crippen LogP contribution in [-0.2, 0) is 0 Å². The van der Waals surface area contributed by atoms with Crippen molar-refractivity contribution in [1.29, 1.82) is 0 Å². The Labute approximate surface area is 76.9 Å². The number of halogens is 1. The molecule has 0 fully saturated rings. The molecule has 0 unspecified atom stereocenters. The molecule has 1 heterocycles. The van der Waals surface area contributed by atoms with Gasteiger partial charge in [-0.05, 0) is 24.6 Å². The Hall–Kier alpha value is -1.03. The SMILES string of the molecule is Cc1cc(Br)cc2[nH]c(=O)[nH]c12. The van der Waals surface area contributed by atoms with Crippen LogP contribution in [0.2, 0.25) is 0 Å². The van der Waals surface area contributed by atoms with Gasteiger partial charge in [0.05, 0.1) is 11.0 Å². The van der Waals surface area contributed by atoms with Gasteiger partial charge < -0.3 is 9.97 Å². The predicted molar refractivity (Wildman–Crippen MR) is 51.4 cm³/mol. The number of H-pyrrole nitrogens is 2. The van der Waals surface area contributed by atoms with Crippen LogP contribution in [0.3, 0.4) is 0 Å². The first-order valence-electron chi connectivity index (χ1n) is 3.55. The lowest BCUT2D eigenvalue weighted by atomic mass is 10.2. The van der Waals surface area contributed by atoms with E-state index in [0.29, 0.717) is 0 Å². The van der Waals surface area contributed by atoms with E-state index in [1.165, 1.54) is 0 Å². The fourth-order valence-corrected chi connectivity index (χ4v) is 1.85. The standard InChI is InChI=1S/C8H7BrN2O/c1-4-2-5(9)3-6-7(4)11-8(12)10-6/h2-3H,1H3,(H2,10,11,12). The van der Waals surface area contributed by atoms with Crippen LogP contribution >= 0.6 is 15.9 Å². The monoisotopic (exact) mass is 226 g/mol. The summed E-state index contributed by atoms with van der Waals surface area (Å²) in [5.41, 5.74) is 2.61. The van der Waals surface area contributed by atoms with Crippen molar-refractivity contribution < 1.29 is 0 Å². The number of hydrogen-bond acceptors (Lipinski definition) is 1. The zero-order valence-electron chi connectivity index (χ0n) is 6.44. The van der Waals surface area contributed by atoms with E-state index in [1.807, 2.05) is 19.1 Å². The zero-order chi connectivity index (χ0) is 8.72. The van der Waals surface area contributed by atoms with E-state index in [2.05, 4.69) is 25.9 Å². The number of hydrogen-bond donors (Lipinski definition) is 2. The fraction of sp³-hybridized carbons (Fsp3) is 0.125. The number of rotatable bonds is 0. The minimum Gasteiger partial charge on any atom is -0.306 e. The third kappa shape index (κ3) is 1.08. The highest BCUT2D eigenvalue weighted by molar-refractivity contribution is 9.10. The molecule has 2 aromatic rings. The molecule has 3 nitrogen and oxygen atoms in total. The quantitative estimate of drug-likeness (QED) is 0.709. The van der Waals surface area contributed by atoms with Gasteiger partial charge in [-0.1, -0.05) is 15.9 Å². The van der Waals surface area contributed by atoms with Crippen LogP contribution in [0, 0.1) is 6.92 Å². The number of aromatic nitrogens is 2. The first kappa shape index (κ1) is 7.61. The van der Waals surface area contributed by atoms with Gasteiger partial charge in [-0.25, -0.2) is 4.79 Å². The van der Waals surface area contributed by atoms with Crippen molar-refractivity contribution in [1.82, 2.24) is 9.97 Å². The minimum atomic E-state index is -0.161.